The summed E-state index contributed by atoms with van der Waals surface area (Å²) in [5, 5.41) is 1.94. The van der Waals surface area contributed by atoms with Crippen LogP contribution in [0.25, 0.3) is 11.0 Å². The molecule has 0 bridgehead atoms. The normalized spacial score (nSPS) is 11.1. The van der Waals surface area contributed by atoms with Crippen LogP contribution in [0.2, 0.25) is 5.02 Å². The molecule has 0 aliphatic carbocycles. The fourth-order valence-corrected chi connectivity index (χ4v) is 1.91. The largest absolute Gasteiger partial charge is 0.461 e. The first-order valence-electron chi connectivity index (χ1n) is 4.95. The van der Waals surface area contributed by atoms with Gasteiger partial charge in [0.05, 0.1) is 0 Å². The van der Waals surface area contributed by atoms with E-state index in [0.29, 0.717) is 0 Å². The third-order valence-electron chi connectivity index (χ3n) is 2.47. The fourth-order valence-electron chi connectivity index (χ4n) is 1.60. The van der Waals surface area contributed by atoms with Crippen molar-refractivity contribution in [3.8, 4) is 0 Å². The van der Waals surface area contributed by atoms with Crippen LogP contribution in [0.15, 0.2) is 22.6 Å². The summed E-state index contributed by atoms with van der Waals surface area (Å²) in [7, 11) is 0. The van der Waals surface area contributed by atoms with Gasteiger partial charge in [-0.1, -0.05) is 25.4 Å². The van der Waals surface area contributed by atoms with Crippen molar-refractivity contribution in [2.45, 2.75) is 26.7 Å². The maximum absolute atomic E-state index is 6.11. The second kappa shape index (κ2) is 3.66. The standard InChI is InChI=1S/C12H13ClO/c1-3-8-7-12-9(6-11(8)13)5-10(4-2)14-12/h5-7H,3-4H2,1-2H3. The zero-order valence-electron chi connectivity index (χ0n) is 8.43. The van der Waals surface area contributed by atoms with E-state index in [9.17, 15) is 0 Å². The summed E-state index contributed by atoms with van der Waals surface area (Å²) >= 11 is 6.11. The van der Waals surface area contributed by atoms with Gasteiger partial charge in [-0.05, 0) is 30.2 Å². The summed E-state index contributed by atoms with van der Waals surface area (Å²) < 4.78 is 5.66. The van der Waals surface area contributed by atoms with E-state index >= 15 is 0 Å². The molecule has 0 N–H and O–H groups in total. The Morgan fingerprint density at radius 1 is 1.14 bits per heavy atom. The van der Waals surface area contributed by atoms with Crippen LogP contribution in [-0.4, -0.2) is 0 Å². The monoisotopic (exact) mass is 208 g/mol. The van der Waals surface area contributed by atoms with Crippen LogP contribution in [-0.2, 0) is 12.8 Å². The number of benzene rings is 1. The summed E-state index contributed by atoms with van der Waals surface area (Å²) in [6, 6.07) is 6.08. The predicted molar refractivity (Wildman–Crippen MR) is 60.0 cm³/mol. The molecule has 1 aromatic carbocycles. The van der Waals surface area contributed by atoms with Crippen molar-refractivity contribution in [1.29, 1.82) is 0 Å². The molecule has 0 fully saturated rings. The molecular formula is C12H13ClO. The van der Waals surface area contributed by atoms with Gasteiger partial charge in [-0.25, -0.2) is 0 Å². The quantitative estimate of drug-likeness (QED) is 0.721. The second-order valence-electron chi connectivity index (χ2n) is 3.40. The SMILES string of the molecule is CCc1cc2cc(Cl)c(CC)cc2o1. The first kappa shape index (κ1) is 9.60. The van der Waals surface area contributed by atoms with Crippen LogP contribution in [0.3, 0.4) is 0 Å². The summed E-state index contributed by atoms with van der Waals surface area (Å²) in [4.78, 5) is 0. The number of fused-ring (bicyclic) bond motifs is 1. The number of halogens is 1. The molecule has 0 unspecified atom stereocenters. The van der Waals surface area contributed by atoms with Crippen molar-refractivity contribution in [2.24, 2.45) is 0 Å². The Hall–Kier alpha value is -0.950. The zero-order chi connectivity index (χ0) is 10.1. The summed E-state index contributed by atoms with van der Waals surface area (Å²) in [5.41, 5.74) is 2.10. The van der Waals surface area contributed by atoms with Crippen molar-refractivity contribution in [2.75, 3.05) is 0 Å². The van der Waals surface area contributed by atoms with Gasteiger partial charge in [-0.3, -0.25) is 0 Å². The van der Waals surface area contributed by atoms with Gasteiger partial charge in [0.1, 0.15) is 11.3 Å². The molecule has 0 aliphatic rings. The summed E-state index contributed by atoms with van der Waals surface area (Å²) in [6.45, 7) is 4.18. The molecule has 0 radical (unpaired) electrons. The highest BCUT2D eigenvalue weighted by molar-refractivity contribution is 6.32. The Labute approximate surface area is 88.7 Å². The van der Waals surface area contributed by atoms with Gasteiger partial charge in [0.25, 0.3) is 0 Å². The fraction of sp³-hybridized carbons (Fsp3) is 0.333. The van der Waals surface area contributed by atoms with Crippen LogP contribution in [0, 0.1) is 0 Å². The zero-order valence-corrected chi connectivity index (χ0v) is 9.19. The lowest BCUT2D eigenvalue weighted by Gasteiger charge is -1.99. The lowest BCUT2D eigenvalue weighted by Crippen LogP contribution is -1.80. The molecule has 0 saturated carbocycles. The Morgan fingerprint density at radius 3 is 2.57 bits per heavy atom. The maximum atomic E-state index is 6.11. The summed E-state index contributed by atoms with van der Waals surface area (Å²) in [5.74, 6) is 1.02. The molecule has 2 aromatic rings. The Balaban J connectivity index is 2.64. The van der Waals surface area contributed by atoms with E-state index in [-0.39, 0.29) is 0 Å². The minimum absolute atomic E-state index is 0.837. The third kappa shape index (κ3) is 1.53. The highest BCUT2D eigenvalue weighted by Crippen LogP contribution is 2.27. The molecule has 1 aromatic heterocycles. The molecule has 1 nitrogen and oxygen atoms in total. The van der Waals surface area contributed by atoms with Crippen LogP contribution in [0.4, 0.5) is 0 Å². The van der Waals surface area contributed by atoms with E-state index in [4.69, 9.17) is 16.0 Å². The first-order valence-corrected chi connectivity index (χ1v) is 5.33. The van der Waals surface area contributed by atoms with Gasteiger partial charge in [-0.2, -0.15) is 0 Å². The van der Waals surface area contributed by atoms with Crippen LogP contribution in [0.5, 0.6) is 0 Å². The minimum atomic E-state index is 0.837. The lowest BCUT2D eigenvalue weighted by molar-refractivity contribution is 0.557. The van der Waals surface area contributed by atoms with Crippen molar-refractivity contribution in [1.82, 2.24) is 0 Å². The molecule has 1 heterocycles. The number of rotatable bonds is 2. The van der Waals surface area contributed by atoms with E-state index in [1.807, 2.05) is 12.1 Å². The predicted octanol–water partition coefficient (Wildman–Crippen LogP) is 4.21. The van der Waals surface area contributed by atoms with Crippen LogP contribution < -0.4 is 0 Å². The van der Waals surface area contributed by atoms with E-state index < -0.39 is 0 Å². The van der Waals surface area contributed by atoms with Crippen LogP contribution in [0.1, 0.15) is 25.2 Å². The molecule has 0 atom stereocenters. The molecule has 0 saturated heterocycles. The van der Waals surface area contributed by atoms with Crippen molar-refractivity contribution in [3.05, 3.63) is 34.5 Å². The van der Waals surface area contributed by atoms with Crippen molar-refractivity contribution in [3.63, 3.8) is 0 Å². The smallest absolute Gasteiger partial charge is 0.134 e. The van der Waals surface area contributed by atoms with Gasteiger partial charge < -0.3 is 4.42 Å². The molecular weight excluding hydrogens is 196 g/mol. The minimum Gasteiger partial charge on any atom is -0.461 e. The van der Waals surface area contributed by atoms with Gasteiger partial charge in [-0.15, -0.1) is 0 Å². The highest BCUT2D eigenvalue weighted by Gasteiger charge is 2.06. The molecule has 0 spiro atoms. The molecule has 14 heavy (non-hydrogen) atoms. The summed E-state index contributed by atoms with van der Waals surface area (Å²) in [6.07, 6.45) is 1.87. The number of furan rings is 1. The van der Waals surface area contributed by atoms with E-state index in [1.165, 1.54) is 0 Å². The average molecular weight is 209 g/mol. The van der Waals surface area contributed by atoms with Crippen LogP contribution >= 0.6 is 11.6 Å². The third-order valence-corrected chi connectivity index (χ3v) is 2.82. The number of hydrogen-bond donors (Lipinski definition) is 0. The molecule has 2 heteroatoms. The number of aryl methyl sites for hydroxylation is 2. The topological polar surface area (TPSA) is 13.1 Å². The second-order valence-corrected chi connectivity index (χ2v) is 3.81. The lowest BCUT2D eigenvalue weighted by atomic mass is 10.1. The van der Waals surface area contributed by atoms with Gasteiger partial charge in [0.15, 0.2) is 0 Å². The van der Waals surface area contributed by atoms with E-state index in [1.54, 1.807) is 0 Å². The Kier molecular flexibility index (Phi) is 2.51. The Bertz CT molecular complexity index is 457. The highest BCUT2D eigenvalue weighted by atomic mass is 35.5. The molecule has 0 amide bonds. The van der Waals surface area contributed by atoms with Crippen molar-refractivity contribution < 1.29 is 4.42 Å². The van der Waals surface area contributed by atoms with Crippen molar-refractivity contribution >= 4 is 22.6 Å². The molecule has 74 valence electrons. The average Bonchev–Trinajstić information content (AvgIpc) is 2.58. The Morgan fingerprint density at radius 2 is 1.93 bits per heavy atom. The van der Waals surface area contributed by atoms with Gasteiger partial charge >= 0.3 is 0 Å². The van der Waals surface area contributed by atoms with E-state index in [0.717, 1.165) is 40.2 Å². The maximum Gasteiger partial charge on any atom is 0.134 e. The molecule has 2 rings (SSSR count). The number of hydrogen-bond acceptors (Lipinski definition) is 1. The molecule has 0 aliphatic heterocycles. The van der Waals surface area contributed by atoms with E-state index in [2.05, 4.69) is 19.9 Å². The van der Waals surface area contributed by atoms with Gasteiger partial charge in [0, 0.05) is 16.8 Å². The first-order chi connectivity index (χ1) is 6.74. The van der Waals surface area contributed by atoms with Gasteiger partial charge in [0.2, 0.25) is 0 Å².